The van der Waals surface area contributed by atoms with E-state index in [1.807, 2.05) is 6.92 Å². The van der Waals surface area contributed by atoms with Gasteiger partial charge in [-0.3, -0.25) is 4.79 Å². The Morgan fingerprint density at radius 3 is 2.00 bits per heavy atom. The highest BCUT2D eigenvalue weighted by molar-refractivity contribution is 5.75. The summed E-state index contributed by atoms with van der Waals surface area (Å²) in [5, 5.41) is 8.96. The van der Waals surface area contributed by atoms with Gasteiger partial charge < -0.3 is 5.11 Å². The molecule has 0 saturated heterocycles. The summed E-state index contributed by atoms with van der Waals surface area (Å²) in [5.74, 6) is -0.775. The zero-order valence-corrected chi connectivity index (χ0v) is 14.5. The average Bonchev–Trinajstić information content (AvgIpc) is 2.51. The van der Waals surface area contributed by atoms with Crippen LogP contribution in [0, 0.1) is 5.92 Å². The maximum Gasteiger partial charge on any atom is 0.316 e. The summed E-state index contributed by atoms with van der Waals surface area (Å²) in [4.78, 5) is 10.9. The number of aliphatic carboxylic acids is 1. The van der Waals surface area contributed by atoms with Gasteiger partial charge in [0.25, 0.3) is 0 Å². The van der Waals surface area contributed by atoms with Crippen molar-refractivity contribution in [1.29, 1.82) is 0 Å². The van der Waals surface area contributed by atoms with Gasteiger partial charge in [-0.25, -0.2) is 0 Å². The van der Waals surface area contributed by atoms with Crippen molar-refractivity contribution in [2.24, 2.45) is 5.92 Å². The first kappa shape index (κ1) is 24.7. The second kappa shape index (κ2) is 19.5. The standard InChI is InChI=1S/C20H34O2.Mg.2H/c1-3-5-6-7-8-9-10-11-12-13-14-15-16-17-18-19(4-2)20(21)22;;;/h5-6,8-9,11-12,19H,3-4,7,10,13-18H2,1-2H3,(H,21,22);;;/b6-5-,9-8-,12-11-;;;. The van der Waals surface area contributed by atoms with Gasteiger partial charge in [-0.2, -0.15) is 0 Å². The van der Waals surface area contributed by atoms with Crippen LogP contribution in [-0.2, 0) is 4.79 Å². The monoisotopic (exact) mass is 332 g/mol. The number of rotatable bonds is 14. The maximum absolute atomic E-state index is 10.9. The van der Waals surface area contributed by atoms with Crippen molar-refractivity contribution in [3.63, 3.8) is 0 Å². The molecule has 0 aromatic carbocycles. The molecule has 0 fully saturated rings. The molecule has 0 aromatic rings. The number of hydrogen-bond donors (Lipinski definition) is 1. The van der Waals surface area contributed by atoms with Crippen LogP contribution in [0.1, 0.15) is 78.1 Å². The third-order valence-corrected chi connectivity index (χ3v) is 3.80. The van der Waals surface area contributed by atoms with Crippen LogP contribution >= 0.6 is 0 Å². The lowest BCUT2D eigenvalue weighted by atomic mass is 9.98. The number of allylic oxidation sites excluding steroid dienone is 6. The molecule has 0 bridgehead atoms. The van der Waals surface area contributed by atoms with Crippen molar-refractivity contribution in [3.8, 4) is 0 Å². The minimum atomic E-state index is -0.635. The second-order valence-corrected chi connectivity index (χ2v) is 5.73. The van der Waals surface area contributed by atoms with Crippen molar-refractivity contribution >= 4 is 29.0 Å². The molecule has 0 amide bonds. The molecule has 23 heavy (non-hydrogen) atoms. The quantitative estimate of drug-likeness (QED) is 0.263. The lowest BCUT2D eigenvalue weighted by molar-refractivity contribution is -0.142. The maximum atomic E-state index is 10.9. The lowest BCUT2D eigenvalue weighted by Gasteiger charge is -2.08. The van der Waals surface area contributed by atoms with Gasteiger partial charge in [0.05, 0.1) is 5.92 Å². The largest absolute Gasteiger partial charge is 0.481 e. The van der Waals surface area contributed by atoms with Crippen LogP contribution < -0.4 is 0 Å². The van der Waals surface area contributed by atoms with Gasteiger partial charge >= 0.3 is 29.0 Å². The average molecular weight is 333 g/mol. The summed E-state index contributed by atoms with van der Waals surface area (Å²) in [7, 11) is 0. The molecule has 0 aliphatic carbocycles. The van der Waals surface area contributed by atoms with E-state index in [0.717, 1.165) is 51.4 Å². The molecule has 0 aromatic heterocycles. The summed E-state index contributed by atoms with van der Waals surface area (Å²) in [5.41, 5.74) is 0. The SMILES string of the molecule is CC/C=C\C/C=C\C/C=C\CCCCCCC(CC)C(=O)O.[MgH2]. The van der Waals surface area contributed by atoms with Crippen LogP contribution in [0.3, 0.4) is 0 Å². The number of hydrogen-bond acceptors (Lipinski definition) is 1. The zero-order valence-electron chi connectivity index (χ0n) is 14.5. The minimum Gasteiger partial charge on any atom is -0.481 e. The molecule has 1 N–H and O–H groups in total. The van der Waals surface area contributed by atoms with Crippen LogP contribution in [0.25, 0.3) is 0 Å². The van der Waals surface area contributed by atoms with Gasteiger partial charge in [-0.15, -0.1) is 0 Å². The van der Waals surface area contributed by atoms with Crippen molar-refractivity contribution in [3.05, 3.63) is 36.5 Å². The fraction of sp³-hybridized carbons (Fsp3) is 0.650. The Labute approximate surface area is 159 Å². The third kappa shape index (κ3) is 17.6. The van der Waals surface area contributed by atoms with Crippen LogP contribution in [0.2, 0.25) is 0 Å². The van der Waals surface area contributed by atoms with Crippen molar-refractivity contribution < 1.29 is 9.90 Å². The number of carboxylic acids is 1. The molecule has 0 aliphatic heterocycles. The molecule has 1 atom stereocenters. The molecule has 0 aliphatic rings. The van der Waals surface area contributed by atoms with Crippen LogP contribution in [0.5, 0.6) is 0 Å². The molecule has 1 unspecified atom stereocenters. The molecule has 130 valence electrons. The fourth-order valence-corrected chi connectivity index (χ4v) is 2.34. The van der Waals surface area contributed by atoms with Gasteiger partial charge in [0.15, 0.2) is 0 Å². The summed E-state index contributed by atoms with van der Waals surface area (Å²) < 4.78 is 0. The molecular weight excluding hydrogens is 297 g/mol. The first-order chi connectivity index (χ1) is 10.7. The third-order valence-electron chi connectivity index (χ3n) is 3.80. The molecule has 2 nitrogen and oxygen atoms in total. The van der Waals surface area contributed by atoms with E-state index in [4.69, 9.17) is 5.11 Å². The Morgan fingerprint density at radius 2 is 1.43 bits per heavy atom. The van der Waals surface area contributed by atoms with E-state index in [1.165, 1.54) is 12.8 Å². The minimum absolute atomic E-state index is 0. The Bertz CT molecular complexity index is 346. The van der Waals surface area contributed by atoms with Crippen LogP contribution in [-0.4, -0.2) is 34.1 Å². The first-order valence-corrected chi connectivity index (χ1v) is 8.90. The summed E-state index contributed by atoms with van der Waals surface area (Å²) >= 11 is 0. The normalized spacial score (nSPS) is 13.0. The van der Waals surface area contributed by atoms with Gasteiger partial charge in [-0.05, 0) is 44.9 Å². The Hall–Kier alpha value is -0.544. The topological polar surface area (TPSA) is 37.3 Å². The Morgan fingerprint density at radius 1 is 0.870 bits per heavy atom. The van der Waals surface area contributed by atoms with E-state index in [-0.39, 0.29) is 29.0 Å². The molecule has 0 radical (unpaired) electrons. The van der Waals surface area contributed by atoms with Gasteiger partial charge in [0, 0.05) is 0 Å². The number of carboxylic acid groups (broad SMARTS) is 1. The lowest BCUT2D eigenvalue weighted by Crippen LogP contribution is -2.12. The van der Waals surface area contributed by atoms with Crippen molar-refractivity contribution in [2.75, 3.05) is 0 Å². The summed E-state index contributed by atoms with van der Waals surface area (Å²) in [6, 6.07) is 0. The summed E-state index contributed by atoms with van der Waals surface area (Å²) in [6.45, 7) is 4.11. The Kier molecular flexibility index (Phi) is 20.9. The van der Waals surface area contributed by atoms with Crippen LogP contribution in [0.4, 0.5) is 0 Å². The Balaban J connectivity index is 0. The molecule has 0 saturated carbocycles. The molecule has 3 heteroatoms. The fourth-order valence-electron chi connectivity index (χ4n) is 2.34. The van der Waals surface area contributed by atoms with E-state index in [2.05, 4.69) is 43.4 Å². The zero-order chi connectivity index (χ0) is 16.5. The molecular formula is C20H36MgO2. The smallest absolute Gasteiger partial charge is 0.316 e. The highest BCUT2D eigenvalue weighted by Crippen LogP contribution is 2.15. The van der Waals surface area contributed by atoms with Gasteiger partial charge in [0.1, 0.15) is 0 Å². The predicted octanol–water partition coefficient (Wildman–Crippen LogP) is 5.38. The van der Waals surface area contributed by atoms with Gasteiger partial charge in [-0.1, -0.05) is 69.6 Å². The van der Waals surface area contributed by atoms with E-state index in [1.54, 1.807) is 0 Å². The molecule has 0 spiro atoms. The summed E-state index contributed by atoms with van der Waals surface area (Å²) in [6.07, 6.45) is 23.8. The highest BCUT2D eigenvalue weighted by Gasteiger charge is 2.13. The number of carbonyl (C=O) groups is 1. The van der Waals surface area contributed by atoms with E-state index in [9.17, 15) is 4.79 Å². The van der Waals surface area contributed by atoms with E-state index < -0.39 is 5.97 Å². The van der Waals surface area contributed by atoms with Gasteiger partial charge in [0.2, 0.25) is 0 Å². The van der Waals surface area contributed by atoms with Crippen LogP contribution in [0.15, 0.2) is 36.5 Å². The van der Waals surface area contributed by atoms with E-state index >= 15 is 0 Å². The van der Waals surface area contributed by atoms with Crippen molar-refractivity contribution in [2.45, 2.75) is 78.1 Å². The second-order valence-electron chi connectivity index (χ2n) is 5.73. The molecule has 0 heterocycles. The first-order valence-electron chi connectivity index (χ1n) is 8.90. The number of unbranched alkanes of at least 4 members (excludes halogenated alkanes) is 4. The van der Waals surface area contributed by atoms with E-state index in [0.29, 0.717) is 0 Å². The van der Waals surface area contributed by atoms with Crippen molar-refractivity contribution in [1.82, 2.24) is 0 Å². The predicted molar refractivity (Wildman–Crippen MR) is 105 cm³/mol. The molecule has 0 rings (SSSR count). The highest BCUT2D eigenvalue weighted by atomic mass is 24.3.